The lowest BCUT2D eigenvalue weighted by atomic mass is 10.1. The van der Waals surface area contributed by atoms with Crippen LogP contribution < -0.4 is 10.6 Å². The zero-order chi connectivity index (χ0) is 11.5. The highest BCUT2D eigenvalue weighted by Crippen LogP contribution is 2.29. The van der Waals surface area contributed by atoms with Crippen LogP contribution in [-0.4, -0.2) is 24.3 Å². The third kappa shape index (κ3) is 2.56. The van der Waals surface area contributed by atoms with Gasteiger partial charge in [0.1, 0.15) is 0 Å². The minimum atomic E-state index is -0.127. The molecule has 16 heavy (non-hydrogen) atoms. The number of hydrogen-bond acceptors (Lipinski definition) is 3. The third-order valence-corrected chi connectivity index (χ3v) is 3.69. The maximum Gasteiger partial charge on any atom is 0.0574 e. The Hall–Kier alpha value is -0.580. The first-order valence-corrected chi connectivity index (χ1v) is 6.41. The van der Waals surface area contributed by atoms with Crippen LogP contribution in [0.4, 0.5) is 5.69 Å². The van der Waals surface area contributed by atoms with Crippen molar-refractivity contribution in [2.45, 2.75) is 25.5 Å². The lowest BCUT2D eigenvalue weighted by Gasteiger charge is -2.32. The Morgan fingerprint density at radius 1 is 1.38 bits per heavy atom. The fourth-order valence-electron chi connectivity index (χ4n) is 2.04. The summed E-state index contributed by atoms with van der Waals surface area (Å²) in [6, 6.07) is 6.23. The van der Waals surface area contributed by atoms with Gasteiger partial charge in [0, 0.05) is 24.1 Å². The molecular formula is C12H17BrN2O. The molecule has 0 spiro atoms. The van der Waals surface area contributed by atoms with Gasteiger partial charge in [-0.2, -0.15) is 0 Å². The maximum atomic E-state index is 9.47. The minimum absolute atomic E-state index is 0.127. The molecule has 0 radical (unpaired) electrons. The second-order valence-electron chi connectivity index (χ2n) is 4.21. The van der Waals surface area contributed by atoms with Crippen LogP contribution in [0.1, 0.15) is 18.4 Å². The molecule has 1 aliphatic rings. The highest BCUT2D eigenvalue weighted by molar-refractivity contribution is 9.10. The van der Waals surface area contributed by atoms with Crippen molar-refractivity contribution in [2.75, 3.05) is 18.0 Å². The van der Waals surface area contributed by atoms with E-state index in [9.17, 15) is 5.11 Å². The standard InChI is InChI=1S/C12H17BrN2O/c13-11-7-9(8-14)1-2-12(11)15-5-3-10(16)4-6-15/h1-2,7,10,16H,3-6,8,14H2. The summed E-state index contributed by atoms with van der Waals surface area (Å²) in [5.41, 5.74) is 7.93. The molecule has 1 aliphatic heterocycles. The second-order valence-corrected chi connectivity index (χ2v) is 5.06. The molecule has 0 atom stereocenters. The van der Waals surface area contributed by atoms with E-state index in [1.807, 2.05) is 0 Å². The Balaban J connectivity index is 2.14. The monoisotopic (exact) mass is 284 g/mol. The first kappa shape index (κ1) is 11.9. The van der Waals surface area contributed by atoms with Gasteiger partial charge in [0.25, 0.3) is 0 Å². The summed E-state index contributed by atoms with van der Waals surface area (Å²) >= 11 is 3.58. The molecule has 0 unspecified atom stereocenters. The average molecular weight is 285 g/mol. The van der Waals surface area contributed by atoms with Crippen LogP contribution in [0.3, 0.4) is 0 Å². The minimum Gasteiger partial charge on any atom is -0.393 e. The number of benzene rings is 1. The van der Waals surface area contributed by atoms with Gasteiger partial charge in [0.2, 0.25) is 0 Å². The van der Waals surface area contributed by atoms with Crippen molar-refractivity contribution in [1.29, 1.82) is 0 Å². The van der Waals surface area contributed by atoms with E-state index in [0.29, 0.717) is 6.54 Å². The Bertz CT molecular complexity index is 362. The summed E-state index contributed by atoms with van der Waals surface area (Å²) in [5.74, 6) is 0. The Kier molecular flexibility index (Phi) is 3.84. The number of aliphatic hydroxyl groups excluding tert-OH is 1. The number of nitrogens with zero attached hydrogens (tertiary/aromatic N) is 1. The second kappa shape index (κ2) is 5.17. The summed E-state index contributed by atoms with van der Waals surface area (Å²) in [6.45, 7) is 2.40. The zero-order valence-electron chi connectivity index (χ0n) is 9.19. The fourth-order valence-corrected chi connectivity index (χ4v) is 2.72. The molecule has 1 fully saturated rings. The normalized spacial score (nSPS) is 17.8. The number of aliphatic hydroxyl groups is 1. The molecular weight excluding hydrogens is 268 g/mol. The van der Waals surface area contributed by atoms with Crippen molar-refractivity contribution >= 4 is 21.6 Å². The van der Waals surface area contributed by atoms with Crippen LogP contribution in [0.25, 0.3) is 0 Å². The van der Waals surface area contributed by atoms with Gasteiger partial charge < -0.3 is 15.7 Å². The molecule has 1 aromatic carbocycles. The predicted molar refractivity (Wildman–Crippen MR) is 69.5 cm³/mol. The Labute approximate surface area is 104 Å². The van der Waals surface area contributed by atoms with E-state index >= 15 is 0 Å². The summed E-state index contributed by atoms with van der Waals surface area (Å²) < 4.78 is 1.09. The lowest BCUT2D eigenvalue weighted by molar-refractivity contribution is 0.145. The molecule has 0 amide bonds. The highest BCUT2D eigenvalue weighted by Gasteiger charge is 2.18. The van der Waals surface area contributed by atoms with Gasteiger partial charge in [-0.1, -0.05) is 6.07 Å². The van der Waals surface area contributed by atoms with E-state index in [1.54, 1.807) is 0 Å². The van der Waals surface area contributed by atoms with Crippen LogP contribution in [0.2, 0.25) is 0 Å². The SMILES string of the molecule is NCc1ccc(N2CCC(O)CC2)c(Br)c1. The van der Waals surface area contributed by atoms with Crippen LogP contribution in [-0.2, 0) is 6.54 Å². The van der Waals surface area contributed by atoms with Crippen LogP contribution >= 0.6 is 15.9 Å². The van der Waals surface area contributed by atoms with Crippen molar-refractivity contribution < 1.29 is 5.11 Å². The van der Waals surface area contributed by atoms with Gasteiger partial charge in [-0.05, 0) is 46.5 Å². The first-order chi connectivity index (χ1) is 7.70. The van der Waals surface area contributed by atoms with E-state index in [0.717, 1.165) is 36.0 Å². The molecule has 2 rings (SSSR count). The van der Waals surface area contributed by atoms with E-state index in [-0.39, 0.29) is 6.10 Å². The molecule has 1 saturated heterocycles. The van der Waals surface area contributed by atoms with Gasteiger partial charge in [-0.3, -0.25) is 0 Å². The molecule has 0 bridgehead atoms. The van der Waals surface area contributed by atoms with Crippen LogP contribution in [0, 0.1) is 0 Å². The van der Waals surface area contributed by atoms with Gasteiger partial charge in [-0.15, -0.1) is 0 Å². The Morgan fingerprint density at radius 3 is 2.62 bits per heavy atom. The summed E-state index contributed by atoms with van der Waals surface area (Å²) in [4.78, 5) is 2.30. The maximum absolute atomic E-state index is 9.47. The van der Waals surface area contributed by atoms with E-state index in [4.69, 9.17) is 5.73 Å². The van der Waals surface area contributed by atoms with Crippen molar-refractivity contribution in [3.63, 3.8) is 0 Å². The van der Waals surface area contributed by atoms with E-state index < -0.39 is 0 Å². The molecule has 0 aromatic heterocycles. The summed E-state index contributed by atoms with van der Waals surface area (Å²) in [5, 5.41) is 9.47. The van der Waals surface area contributed by atoms with Crippen molar-refractivity contribution in [1.82, 2.24) is 0 Å². The molecule has 0 aliphatic carbocycles. The molecule has 3 N–H and O–H groups in total. The van der Waals surface area contributed by atoms with Gasteiger partial charge in [0.15, 0.2) is 0 Å². The number of anilines is 1. The van der Waals surface area contributed by atoms with Gasteiger partial charge >= 0.3 is 0 Å². The summed E-state index contributed by atoms with van der Waals surface area (Å²) in [7, 11) is 0. The number of hydrogen-bond donors (Lipinski definition) is 2. The number of nitrogens with two attached hydrogens (primary N) is 1. The number of halogens is 1. The van der Waals surface area contributed by atoms with Crippen molar-refractivity contribution in [2.24, 2.45) is 5.73 Å². The molecule has 3 nitrogen and oxygen atoms in total. The first-order valence-electron chi connectivity index (χ1n) is 5.62. The zero-order valence-corrected chi connectivity index (χ0v) is 10.8. The summed E-state index contributed by atoms with van der Waals surface area (Å²) in [6.07, 6.45) is 1.58. The molecule has 1 aromatic rings. The smallest absolute Gasteiger partial charge is 0.0574 e. The van der Waals surface area contributed by atoms with Crippen molar-refractivity contribution in [3.05, 3.63) is 28.2 Å². The van der Waals surface area contributed by atoms with E-state index in [2.05, 4.69) is 39.0 Å². The Morgan fingerprint density at radius 2 is 2.06 bits per heavy atom. The molecule has 1 heterocycles. The van der Waals surface area contributed by atoms with Crippen LogP contribution in [0.5, 0.6) is 0 Å². The predicted octanol–water partition coefficient (Wildman–Crippen LogP) is 1.87. The van der Waals surface area contributed by atoms with E-state index in [1.165, 1.54) is 5.69 Å². The third-order valence-electron chi connectivity index (χ3n) is 3.05. The largest absolute Gasteiger partial charge is 0.393 e. The average Bonchev–Trinajstić information content (AvgIpc) is 2.30. The van der Waals surface area contributed by atoms with Gasteiger partial charge in [0.05, 0.1) is 11.8 Å². The number of rotatable bonds is 2. The molecule has 4 heteroatoms. The fraction of sp³-hybridized carbons (Fsp3) is 0.500. The quantitative estimate of drug-likeness (QED) is 0.872. The highest BCUT2D eigenvalue weighted by atomic mass is 79.9. The molecule has 0 saturated carbocycles. The topological polar surface area (TPSA) is 49.5 Å². The number of piperidine rings is 1. The molecule has 88 valence electrons. The lowest BCUT2D eigenvalue weighted by Crippen LogP contribution is -2.35. The van der Waals surface area contributed by atoms with Gasteiger partial charge in [-0.25, -0.2) is 0 Å². The van der Waals surface area contributed by atoms with Crippen LogP contribution in [0.15, 0.2) is 22.7 Å². The van der Waals surface area contributed by atoms with Crippen molar-refractivity contribution in [3.8, 4) is 0 Å².